The Kier molecular flexibility index (Phi) is 4.63. The van der Waals surface area contributed by atoms with Crippen LogP contribution in [0.2, 0.25) is 5.02 Å². The molecule has 0 amide bonds. The van der Waals surface area contributed by atoms with E-state index in [0.717, 1.165) is 10.0 Å². The standard InChI is InChI=1S/C14H16BrClO/c15-12-7-11(8-13(16)9-12)14(17)6-10-4-2-1-3-5-10/h7-10H,1-6H2. The van der Waals surface area contributed by atoms with Gasteiger partial charge in [-0.3, -0.25) is 4.79 Å². The Morgan fingerprint density at radius 3 is 2.59 bits per heavy atom. The summed E-state index contributed by atoms with van der Waals surface area (Å²) in [5.74, 6) is 0.800. The summed E-state index contributed by atoms with van der Waals surface area (Å²) >= 11 is 9.32. The lowest BCUT2D eigenvalue weighted by molar-refractivity contribution is 0.0950. The Balaban J connectivity index is 2.03. The largest absolute Gasteiger partial charge is 0.294 e. The first-order valence-corrected chi connectivity index (χ1v) is 7.31. The van der Waals surface area contributed by atoms with Crippen molar-refractivity contribution in [2.75, 3.05) is 0 Å². The zero-order valence-corrected chi connectivity index (χ0v) is 12.1. The van der Waals surface area contributed by atoms with Crippen LogP contribution in [-0.4, -0.2) is 5.78 Å². The minimum Gasteiger partial charge on any atom is -0.294 e. The highest BCUT2D eigenvalue weighted by molar-refractivity contribution is 9.10. The van der Waals surface area contributed by atoms with Crippen LogP contribution in [0.1, 0.15) is 48.9 Å². The van der Waals surface area contributed by atoms with E-state index in [9.17, 15) is 4.79 Å². The van der Waals surface area contributed by atoms with Gasteiger partial charge in [-0.15, -0.1) is 0 Å². The summed E-state index contributed by atoms with van der Waals surface area (Å²) in [7, 11) is 0. The van der Waals surface area contributed by atoms with Crippen LogP contribution in [0.4, 0.5) is 0 Å². The van der Waals surface area contributed by atoms with Gasteiger partial charge in [-0.1, -0.05) is 59.6 Å². The van der Waals surface area contributed by atoms with Gasteiger partial charge in [0.15, 0.2) is 5.78 Å². The molecule has 0 bridgehead atoms. The maximum atomic E-state index is 12.1. The van der Waals surface area contributed by atoms with Crippen molar-refractivity contribution in [1.29, 1.82) is 0 Å². The lowest BCUT2D eigenvalue weighted by Gasteiger charge is -2.20. The van der Waals surface area contributed by atoms with E-state index in [2.05, 4.69) is 15.9 Å². The van der Waals surface area contributed by atoms with Crippen LogP contribution >= 0.6 is 27.5 Å². The van der Waals surface area contributed by atoms with Crippen molar-refractivity contribution < 1.29 is 4.79 Å². The van der Waals surface area contributed by atoms with E-state index in [1.807, 2.05) is 6.07 Å². The van der Waals surface area contributed by atoms with Gasteiger partial charge in [0, 0.05) is 21.5 Å². The first-order valence-electron chi connectivity index (χ1n) is 6.14. The molecule has 1 aromatic rings. The Hall–Kier alpha value is -0.340. The monoisotopic (exact) mass is 314 g/mol. The highest BCUT2D eigenvalue weighted by Crippen LogP contribution is 2.28. The van der Waals surface area contributed by atoms with Crippen LogP contribution in [-0.2, 0) is 0 Å². The summed E-state index contributed by atoms with van der Waals surface area (Å²) in [6.45, 7) is 0. The molecule has 1 nitrogen and oxygen atoms in total. The van der Waals surface area contributed by atoms with Gasteiger partial charge >= 0.3 is 0 Å². The summed E-state index contributed by atoms with van der Waals surface area (Å²) < 4.78 is 0.872. The third-order valence-corrected chi connectivity index (χ3v) is 4.06. The molecule has 17 heavy (non-hydrogen) atoms. The molecule has 0 unspecified atom stereocenters. The molecule has 1 fully saturated rings. The van der Waals surface area contributed by atoms with Crippen molar-refractivity contribution in [2.24, 2.45) is 5.92 Å². The van der Waals surface area contributed by atoms with Crippen molar-refractivity contribution in [3.8, 4) is 0 Å². The SMILES string of the molecule is O=C(CC1CCCCC1)c1cc(Cl)cc(Br)c1. The molecule has 1 saturated carbocycles. The van der Waals surface area contributed by atoms with E-state index in [1.165, 1.54) is 32.1 Å². The van der Waals surface area contributed by atoms with E-state index < -0.39 is 0 Å². The van der Waals surface area contributed by atoms with E-state index in [1.54, 1.807) is 12.1 Å². The molecule has 1 aliphatic carbocycles. The molecule has 2 rings (SSSR count). The van der Waals surface area contributed by atoms with Crippen LogP contribution in [0.3, 0.4) is 0 Å². The van der Waals surface area contributed by atoms with Gasteiger partial charge < -0.3 is 0 Å². The molecule has 3 heteroatoms. The fraction of sp³-hybridized carbons (Fsp3) is 0.500. The average Bonchev–Trinajstić information content (AvgIpc) is 2.29. The topological polar surface area (TPSA) is 17.1 Å². The van der Waals surface area contributed by atoms with Crippen molar-refractivity contribution in [2.45, 2.75) is 38.5 Å². The Morgan fingerprint density at radius 2 is 1.94 bits per heavy atom. The third-order valence-electron chi connectivity index (χ3n) is 3.38. The number of hydrogen-bond donors (Lipinski definition) is 0. The van der Waals surface area contributed by atoms with E-state index in [0.29, 0.717) is 17.4 Å². The number of benzene rings is 1. The summed E-state index contributed by atoms with van der Waals surface area (Å²) in [5.41, 5.74) is 0.731. The molecule has 1 aliphatic rings. The number of Topliss-reactive ketones (excluding diaryl/α,β-unsaturated/α-hetero) is 1. The maximum absolute atomic E-state index is 12.1. The third kappa shape index (κ3) is 3.82. The first-order chi connectivity index (χ1) is 8.15. The minimum atomic E-state index is 0.222. The number of rotatable bonds is 3. The van der Waals surface area contributed by atoms with Crippen molar-refractivity contribution in [3.05, 3.63) is 33.3 Å². The van der Waals surface area contributed by atoms with Crippen LogP contribution in [0.25, 0.3) is 0 Å². The second kappa shape index (κ2) is 6.01. The molecule has 1 aromatic carbocycles. The Bertz CT molecular complexity index is 390. The number of halogens is 2. The number of carbonyl (C=O) groups excluding carboxylic acids is 1. The lowest BCUT2D eigenvalue weighted by Crippen LogP contribution is -2.12. The fourth-order valence-corrected chi connectivity index (χ4v) is 3.35. The molecule has 0 aliphatic heterocycles. The summed E-state index contributed by atoms with van der Waals surface area (Å²) in [4.78, 5) is 12.1. The zero-order valence-electron chi connectivity index (χ0n) is 9.72. The van der Waals surface area contributed by atoms with Crippen LogP contribution < -0.4 is 0 Å². The van der Waals surface area contributed by atoms with Gasteiger partial charge in [0.2, 0.25) is 0 Å². The van der Waals surface area contributed by atoms with Gasteiger partial charge in [0.1, 0.15) is 0 Å². The van der Waals surface area contributed by atoms with E-state index >= 15 is 0 Å². The predicted octanol–water partition coefficient (Wildman–Crippen LogP) is 5.26. The van der Waals surface area contributed by atoms with E-state index in [4.69, 9.17) is 11.6 Å². The summed E-state index contributed by atoms with van der Waals surface area (Å²) in [6, 6.07) is 5.42. The molecule has 0 spiro atoms. The van der Waals surface area contributed by atoms with Gasteiger partial charge in [0.25, 0.3) is 0 Å². The maximum Gasteiger partial charge on any atom is 0.163 e. The summed E-state index contributed by atoms with van der Waals surface area (Å²) in [6.07, 6.45) is 6.95. The van der Waals surface area contributed by atoms with Gasteiger partial charge in [-0.2, -0.15) is 0 Å². The molecule has 0 aromatic heterocycles. The second-order valence-electron chi connectivity index (χ2n) is 4.79. The fourth-order valence-electron chi connectivity index (χ4n) is 2.49. The molecular weight excluding hydrogens is 300 g/mol. The molecule has 0 N–H and O–H groups in total. The smallest absolute Gasteiger partial charge is 0.163 e. The number of ketones is 1. The second-order valence-corrected chi connectivity index (χ2v) is 6.14. The Morgan fingerprint density at radius 1 is 1.24 bits per heavy atom. The van der Waals surface area contributed by atoms with Crippen LogP contribution in [0.15, 0.2) is 22.7 Å². The predicted molar refractivity (Wildman–Crippen MR) is 74.7 cm³/mol. The molecule has 0 atom stereocenters. The highest BCUT2D eigenvalue weighted by atomic mass is 79.9. The van der Waals surface area contributed by atoms with Gasteiger partial charge in [-0.05, 0) is 24.1 Å². The molecule has 0 saturated heterocycles. The first kappa shape index (κ1) is 13.1. The van der Waals surface area contributed by atoms with Crippen LogP contribution in [0, 0.1) is 5.92 Å². The van der Waals surface area contributed by atoms with Crippen molar-refractivity contribution in [3.63, 3.8) is 0 Å². The number of carbonyl (C=O) groups is 1. The van der Waals surface area contributed by atoms with Crippen molar-refractivity contribution >= 4 is 33.3 Å². The lowest BCUT2D eigenvalue weighted by atomic mass is 9.85. The van der Waals surface area contributed by atoms with Gasteiger partial charge in [-0.25, -0.2) is 0 Å². The molecule has 92 valence electrons. The summed E-state index contributed by atoms with van der Waals surface area (Å²) in [5, 5.41) is 0.617. The number of hydrogen-bond acceptors (Lipinski definition) is 1. The highest BCUT2D eigenvalue weighted by Gasteiger charge is 2.18. The molecule has 0 radical (unpaired) electrons. The van der Waals surface area contributed by atoms with Gasteiger partial charge in [0.05, 0.1) is 0 Å². The average molecular weight is 316 g/mol. The zero-order chi connectivity index (χ0) is 12.3. The minimum absolute atomic E-state index is 0.222. The van der Waals surface area contributed by atoms with Crippen molar-refractivity contribution in [1.82, 2.24) is 0 Å². The van der Waals surface area contributed by atoms with Crippen LogP contribution in [0.5, 0.6) is 0 Å². The molecule has 0 heterocycles. The normalized spacial score (nSPS) is 17.1. The van der Waals surface area contributed by atoms with E-state index in [-0.39, 0.29) is 5.78 Å². The quantitative estimate of drug-likeness (QED) is 0.696. The Labute approximate surface area is 116 Å². The molecular formula is C14H16BrClO.